The average Bonchev–Trinajstić information content (AvgIpc) is 2.16. The van der Waals surface area contributed by atoms with Gasteiger partial charge in [0.1, 0.15) is 0 Å². The number of aromatic nitrogens is 1. The third-order valence-corrected chi connectivity index (χ3v) is 3.02. The zero-order chi connectivity index (χ0) is 11.4. The number of unbranched alkanes of at least 4 members (excludes halogenated alkanes) is 1. The molecule has 0 N–H and O–H groups in total. The van der Waals surface area contributed by atoms with Gasteiger partial charge in [0.05, 0.1) is 0 Å². The highest BCUT2D eigenvalue weighted by Gasteiger charge is 2.11. The quantitative estimate of drug-likeness (QED) is 0.719. The number of rotatable bonds is 4. The first kappa shape index (κ1) is 12.2. The van der Waals surface area contributed by atoms with Crippen LogP contribution < -0.4 is 0 Å². The highest BCUT2D eigenvalue weighted by atomic mass is 14.7. The first-order valence-electron chi connectivity index (χ1n) is 6.02. The predicted octanol–water partition coefficient (Wildman–Crippen LogP) is 4.16. The molecule has 0 saturated heterocycles. The van der Waals surface area contributed by atoms with Crippen LogP contribution in [0.15, 0.2) is 6.20 Å². The van der Waals surface area contributed by atoms with Crippen LogP contribution in [0.2, 0.25) is 0 Å². The van der Waals surface area contributed by atoms with Crippen LogP contribution in [0.5, 0.6) is 0 Å². The van der Waals surface area contributed by atoms with Crippen molar-refractivity contribution in [2.45, 2.75) is 59.8 Å². The first-order chi connectivity index (χ1) is 7.07. The molecule has 0 atom stereocenters. The molecular weight excluding hydrogens is 182 g/mol. The summed E-state index contributed by atoms with van der Waals surface area (Å²) in [5.74, 6) is 0.605. The summed E-state index contributed by atoms with van der Waals surface area (Å²) in [5, 5.41) is 0. The molecule has 1 aromatic rings. The second-order valence-electron chi connectivity index (χ2n) is 4.68. The maximum Gasteiger partial charge on any atom is 0.0435 e. The molecule has 0 fully saturated rings. The summed E-state index contributed by atoms with van der Waals surface area (Å²) in [7, 11) is 0. The van der Waals surface area contributed by atoms with Gasteiger partial charge in [0.2, 0.25) is 0 Å². The minimum Gasteiger partial charge on any atom is -0.261 e. The second kappa shape index (κ2) is 5.29. The summed E-state index contributed by atoms with van der Waals surface area (Å²) >= 11 is 0. The van der Waals surface area contributed by atoms with Crippen molar-refractivity contribution < 1.29 is 0 Å². The van der Waals surface area contributed by atoms with E-state index >= 15 is 0 Å². The Labute approximate surface area is 93.9 Å². The molecule has 0 aliphatic rings. The van der Waals surface area contributed by atoms with Gasteiger partial charge in [-0.3, -0.25) is 4.98 Å². The average molecular weight is 205 g/mol. The van der Waals surface area contributed by atoms with Gasteiger partial charge < -0.3 is 0 Å². The van der Waals surface area contributed by atoms with Gasteiger partial charge in [-0.15, -0.1) is 0 Å². The highest BCUT2D eigenvalue weighted by Crippen LogP contribution is 2.24. The zero-order valence-corrected chi connectivity index (χ0v) is 10.7. The molecule has 0 unspecified atom stereocenters. The van der Waals surface area contributed by atoms with Gasteiger partial charge in [-0.05, 0) is 49.3 Å². The van der Waals surface area contributed by atoms with Gasteiger partial charge in [-0.25, -0.2) is 0 Å². The number of hydrogen-bond donors (Lipinski definition) is 0. The molecule has 0 aliphatic heterocycles. The molecule has 0 aliphatic carbocycles. The van der Waals surface area contributed by atoms with Crippen LogP contribution in [0, 0.1) is 13.8 Å². The Balaban J connectivity index is 3.05. The van der Waals surface area contributed by atoms with Gasteiger partial charge in [0.15, 0.2) is 0 Å². The van der Waals surface area contributed by atoms with Gasteiger partial charge >= 0.3 is 0 Å². The minimum atomic E-state index is 0.605. The Kier molecular flexibility index (Phi) is 4.31. The maximum atomic E-state index is 4.56. The van der Waals surface area contributed by atoms with Crippen molar-refractivity contribution in [1.29, 1.82) is 0 Å². The molecule has 1 rings (SSSR count). The SMILES string of the molecule is CCCCc1ncc(C)c(C(C)C)c1C. The van der Waals surface area contributed by atoms with E-state index in [4.69, 9.17) is 0 Å². The van der Waals surface area contributed by atoms with Gasteiger partial charge in [-0.1, -0.05) is 27.2 Å². The molecule has 0 aromatic carbocycles. The molecule has 84 valence electrons. The molecule has 0 spiro atoms. The highest BCUT2D eigenvalue weighted by molar-refractivity contribution is 5.37. The predicted molar refractivity (Wildman–Crippen MR) is 66.4 cm³/mol. The van der Waals surface area contributed by atoms with Gasteiger partial charge in [0.25, 0.3) is 0 Å². The lowest BCUT2D eigenvalue weighted by atomic mass is 9.92. The molecule has 0 amide bonds. The lowest BCUT2D eigenvalue weighted by molar-refractivity contribution is 0.757. The summed E-state index contributed by atoms with van der Waals surface area (Å²) in [6, 6.07) is 0. The van der Waals surface area contributed by atoms with Crippen LogP contribution in [0.25, 0.3) is 0 Å². The molecule has 1 heteroatoms. The van der Waals surface area contributed by atoms with E-state index in [1.807, 2.05) is 6.20 Å². The Hall–Kier alpha value is -0.850. The van der Waals surface area contributed by atoms with E-state index in [9.17, 15) is 0 Å². The second-order valence-corrected chi connectivity index (χ2v) is 4.68. The number of hydrogen-bond acceptors (Lipinski definition) is 1. The molecule has 1 aromatic heterocycles. The van der Waals surface area contributed by atoms with Crippen LogP contribution in [0.4, 0.5) is 0 Å². The fourth-order valence-electron chi connectivity index (χ4n) is 2.28. The molecule has 0 bridgehead atoms. The van der Waals surface area contributed by atoms with Crippen LogP contribution in [0.1, 0.15) is 61.9 Å². The van der Waals surface area contributed by atoms with Crippen molar-refractivity contribution in [1.82, 2.24) is 4.98 Å². The van der Waals surface area contributed by atoms with Crippen molar-refractivity contribution in [3.05, 3.63) is 28.6 Å². The third kappa shape index (κ3) is 2.80. The third-order valence-electron chi connectivity index (χ3n) is 3.02. The first-order valence-corrected chi connectivity index (χ1v) is 6.02. The van der Waals surface area contributed by atoms with E-state index in [2.05, 4.69) is 39.6 Å². The van der Waals surface area contributed by atoms with E-state index < -0.39 is 0 Å². The smallest absolute Gasteiger partial charge is 0.0435 e. The monoisotopic (exact) mass is 205 g/mol. The Morgan fingerprint density at radius 3 is 2.47 bits per heavy atom. The Morgan fingerprint density at radius 2 is 1.93 bits per heavy atom. The Bertz CT molecular complexity index is 326. The van der Waals surface area contributed by atoms with Crippen molar-refractivity contribution in [3.63, 3.8) is 0 Å². The van der Waals surface area contributed by atoms with Gasteiger partial charge in [-0.2, -0.15) is 0 Å². The van der Waals surface area contributed by atoms with E-state index in [0.29, 0.717) is 5.92 Å². The number of aryl methyl sites for hydroxylation is 2. The van der Waals surface area contributed by atoms with Crippen molar-refractivity contribution >= 4 is 0 Å². The summed E-state index contributed by atoms with van der Waals surface area (Å²) in [5.41, 5.74) is 5.54. The number of nitrogens with zero attached hydrogens (tertiary/aromatic N) is 1. The van der Waals surface area contributed by atoms with E-state index in [-0.39, 0.29) is 0 Å². The normalized spacial score (nSPS) is 11.1. The standard InChI is InChI=1S/C14H23N/c1-6-7-8-13-12(5)14(10(2)3)11(4)9-15-13/h9-10H,6-8H2,1-5H3. The summed E-state index contributed by atoms with van der Waals surface area (Å²) in [6.45, 7) is 11.1. The summed E-state index contributed by atoms with van der Waals surface area (Å²) in [6.07, 6.45) is 5.65. The molecule has 0 saturated carbocycles. The van der Waals surface area contributed by atoms with Crippen molar-refractivity contribution in [2.24, 2.45) is 0 Å². The van der Waals surface area contributed by atoms with Crippen molar-refractivity contribution in [2.75, 3.05) is 0 Å². The zero-order valence-electron chi connectivity index (χ0n) is 10.7. The van der Waals surface area contributed by atoms with Crippen LogP contribution in [-0.2, 0) is 6.42 Å². The minimum absolute atomic E-state index is 0.605. The summed E-state index contributed by atoms with van der Waals surface area (Å²) < 4.78 is 0. The van der Waals surface area contributed by atoms with Crippen LogP contribution >= 0.6 is 0 Å². The van der Waals surface area contributed by atoms with Crippen LogP contribution in [-0.4, -0.2) is 4.98 Å². The molecule has 15 heavy (non-hydrogen) atoms. The largest absolute Gasteiger partial charge is 0.261 e. The van der Waals surface area contributed by atoms with Gasteiger partial charge in [0, 0.05) is 11.9 Å². The van der Waals surface area contributed by atoms with Crippen LogP contribution in [0.3, 0.4) is 0 Å². The fourth-order valence-corrected chi connectivity index (χ4v) is 2.28. The molecule has 0 radical (unpaired) electrons. The van der Waals surface area contributed by atoms with E-state index in [0.717, 1.165) is 6.42 Å². The fraction of sp³-hybridized carbons (Fsp3) is 0.643. The summed E-state index contributed by atoms with van der Waals surface area (Å²) in [4.78, 5) is 4.56. The molecule has 1 nitrogen and oxygen atoms in total. The lowest BCUT2D eigenvalue weighted by Gasteiger charge is -2.16. The van der Waals surface area contributed by atoms with E-state index in [1.54, 1.807) is 0 Å². The molecule has 1 heterocycles. The van der Waals surface area contributed by atoms with E-state index in [1.165, 1.54) is 35.2 Å². The topological polar surface area (TPSA) is 12.9 Å². The number of pyridine rings is 1. The van der Waals surface area contributed by atoms with Crippen molar-refractivity contribution in [3.8, 4) is 0 Å². The molecular formula is C14H23N. The maximum absolute atomic E-state index is 4.56. The Morgan fingerprint density at radius 1 is 1.27 bits per heavy atom. The lowest BCUT2D eigenvalue weighted by Crippen LogP contribution is -2.03.